The molecule has 26 heavy (non-hydrogen) atoms. The first kappa shape index (κ1) is 18.2. The lowest BCUT2D eigenvalue weighted by Crippen LogP contribution is -2.40. The van der Waals surface area contributed by atoms with Gasteiger partial charge in [0.15, 0.2) is 5.01 Å². The summed E-state index contributed by atoms with van der Waals surface area (Å²) >= 11 is 1.37. The van der Waals surface area contributed by atoms with E-state index in [2.05, 4.69) is 22.2 Å². The zero-order valence-corrected chi connectivity index (χ0v) is 15.5. The van der Waals surface area contributed by atoms with Crippen molar-refractivity contribution in [3.8, 4) is 0 Å². The highest BCUT2D eigenvalue weighted by molar-refractivity contribution is 7.20. The Balaban J connectivity index is 1.80. The molecule has 0 saturated heterocycles. The Morgan fingerprint density at radius 2 is 1.88 bits per heavy atom. The summed E-state index contributed by atoms with van der Waals surface area (Å²) in [4.78, 5) is 33.9. The number of unbranched alkanes of at least 4 members (excludes halogenated alkanes) is 2. The van der Waals surface area contributed by atoms with Gasteiger partial charge >= 0.3 is 0 Å². The molecule has 0 aliphatic carbocycles. The zero-order valence-electron chi connectivity index (χ0n) is 14.6. The van der Waals surface area contributed by atoms with Crippen molar-refractivity contribution in [2.75, 3.05) is 0 Å². The number of nitrogens with one attached hydrogen (secondary N) is 1. The molecule has 5 nitrogen and oxygen atoms in total. The van der Waals surface area contributed by atoms with Crippen LogP contribution in [0, 0.1) is 0 Å². The highest BCUT2D eigenvalue weighted by Crippen LogP contribution is 2.23. The lowest BCUT2D eigenvalue weighted by atomic mass is 10.0. The fraction of sp³-hybridized carbons (Fsp3) is 0.300. The predicted octanol–water partition coefficient (Wildman–Crippen LogP) is 4.25. The Labute approximate surface area is 156 Å². The number of ketones is 1. The van der Waals surface area contributed by atoms with Crippen molar-refractivity contribution >= 4 is 33.2 Å². The minimum Gasteiger partial charge on any atom is -0.342 e. The van der Waals surface area contributed by atoms with Crippen LogP contribution in [0.2, 0.25) is 0 Å². The van der Waals surface area contributed by atoms with Crippen LogP contribution >= 0.6 is 11.3 Å². The van der Waals surface area contributed by atoms with Crippen molar-refractivity contribution in [2.24, 2.45) is 0 Å². The van der Waals surface area contributed by atoms with E-state index in [9.17, 15) is 9.59 Å². The summed E-state index contributed by atoms with van der Waals surface area (Å²) in [5, 5.41) is 3.33. The smallest absolute Gasteiger partial charge is 0.251 e. The molecule has 0 fully saturated rings. The van der Waals surface area contributed by atoms with E-state index in [0.29, 0.717) is 17.0 Å². The summed E-state index contributed by atoms with van der Waals surface area (Å²) in [5.74, 6) is -0.381. The first-order valence-electron chi connectivity index (χ1n) is 8.79. The van der Waals surface area contributed by atoms with E-state index >= 15 is 0 Å². The SMILES string of the molecule is CCCCC[C@H](NC(=O)c1ccncc1)C(=O)c1nc2ccccc2s1. The van der Waals surface area contributed by atoms with Gasteiger partial charge in [-0.2, -0.15) is 0 Å². The summed E-state index contributed by atoms with van der Waals surface area (Å²) in [7, 11) is 0. The predicted molar refractivity (Wildman–Crippen MR) is 104 cm³/mol. The van der Waals surface area contributed by atoms with Gasteiger partial charge in [-0.25, -0.2) is 4.98 Å². The van der Waals surface area contributed by atoms with Crippen molar-refractivity contribution in [1.82, 2.24) is 15.3 Å². The Bertz CT molecular complexity index is 859. The number of hydrogen-bond donors (Lipinski definition) is 1. The fourth-order valence-corrected chi connectivity index (χ4v) is 3.70. The molecule has 2 heterocycles. The number of Topliss-reactive ketones (excluding diaryl/α,β-unsaturated/α-hetero) is 1. The van der Waals surface area contributed by atoms with Gasteiger partial charge in [-0.1, -0.05) is 38.3 Å². The number of hydrogen-bond acceptors (Lipinski definition) is 5. The van der Waals surface area contributed by atoms with E-state index in [1.165, 1.54) is 11.3 Å². The van der Waals surface area contributed by atoms with E-state index < -0.39 is 6.04 Å². The maximum Gasteiger partial charge on any atom is 0.251 e. The van der Waals surface area contributed by atoms with Gasteiger partial charge < -0.3 is 5.32 Å². The number of pyridine rings is 1. The Morgan fingerprint density at radius 1 is 1.12 bits per heavy atom. The number of carbonyl (C=O) groups is 2. The molecule has 3 rings (SSSR count). The molecule has 2 aromatic heterocycles. The molecule has 6 heteroatoms. The first-order valence-corrected chi connectivity index (χ1v) is 9.61. The quantitative estimate of drug-likeness (QED) is 0.477. The number of thiazole rings is 1. The molecule has 0 aliphatic heterocycles. The van der Waals surface area contributed by atoms with Crippen LogP contribution in [0.3, 0.4) is 0 Å². The molecular weight excluding hydrogens is 346 g/mol. The van der Waals surface area contributed by atoms with Crippen molar-refractivity contribution in [2.45, 2.75) is 38.6 Å². The van der Waals surface area contributed by atoms with Crippen molar-refractivity contribution < 1.29 is 9.59 Å². The Kier molecular flexibility index (Phi) is 6.07. The standard InChI is InChI=1S/C20H21N3O2S/c1-2-3-4-8-16(22-19(25)14-10-12-21-13-11-14)18(24)20-23-15-7-5-6-9-17(15)26-20/h5-7,9-13,16H,2-4,8H2,1H3,(H,22,25)/t16-/m0/s1. The minimum absolute atomic E-state index is 0.121. The molecule has 1 atom stereocenters. The first-order chi connectivity index (χ1) is 12.7. The van der Waals surface area contributed by atoms with Crippen molar-refractivity contribution in [3.05, 3.63) is 59.4 Å². The third-order valence-corrected chi connectivity index (χ3v) is 5.22. The highest BCUT2D eigenvalue weighted by Gasteiger charge is 2.25. The lowest BCUT2D eigenvalue weighted by molar-refractivity contribution is 0.0851. The van der Waals surface area contributed by atoms with E-state index in [1.54, 1.807) is 24.5 Å². The molecule has 0 radical (unpaired) electrons. The van der Waals surface area contributed by atoms with Gasteiger partial charge in [0.25, 0.3) is 5.91 Å². The van der Waals surface area contributed by atoms with E-state index in [1.807, 2.05) is 24.3 Å². The average molecular weight is 367 g/mol. The minimum atomic E-state index is -0.567. The number of fused-ring (bicyclic) bond motifs is 1. The van der Waals surface area contributed by atoms with E-state index in [0.717, 1.165) is 29.5 Å². The Hall–Kier alpha value is -2.60. The second-order valence-corrected chi connectivity index (χ2v) is 7.14. The number of rotatable bonds is 8. The molecule has 3 aromatic rings. The number of nitrogens with zero attached hydrogens (tertiary/aromatic N) is 2. The molecule has 1 aromatic carbocycles. The molecule has 1 amide bonds. The normalized spacial score (nSPS) is 12.0. The third-order valence-electron chi connectivity index (χ3n) is 4.17. The molecule has 1 N–H and O–H groups in total. The molecule has 0 aliphatic rings. The van der Waals surface area contributed by atoms with Crippen molar-refractivity contribution in [1.29, 1.82) is 0 Å². The van der Waals surface area contributed by atoms with Crippen LogP contribution in [0.1, 0.15) is 52.8 Å². The molecule has 0 saturated carbocycles. The van der Waals surface area contributed by atoms with Gasteiger partial charge in [0.1, 0.15) is 0 Å². The summed E-state index contributed by atoms with van der Waals surface area (Å²) in [6.45, 7) is 2.11. The summed E-state index contributed by atoms with van der Waals surface area (Å²) in [5.41, 5.74) is 1.31. The lowest BCUT2D eigenvalue weighted by Gasteiger charge is -2.16. The number of carbonyl (C=O) groups excluding carboxylic acids is 2. The van der Waals surface area contributed by atoms with Gasteiger partial charge in [-0.05, 0) is 30.7 Å². The number of aromatic nitrogens is 2. The van der Waals surface area contributed by atoms with Crippen molar-refractivity contribution in [3.63, 3.8) is 0 Å². The largest absolute Gasteiger partial charge is 0.342 e. The molecule has 134 valence electrons. The fourth-order valence-electron chi connectivity index (χ4n) is 2.74. The third kappa shape index (κ3) is 4.32. The van der Waals surface area contributed by atoms with Crippen LogP contribution in [-0.4, -0.2) is 27.7 Å². The second-order valence-electron chi connectivity index (χ2n) is 6.11. The monoisotopic (exact) mass is 367 g/mol. The van der Waals surface area contributed by atoms with Gasteiger partial charge in [0.05, 0.1) is 16.3 Å². The maximum atomic E-state index is 13.0. The van der Waals surface area contributed by atoms with Crippen LogP contribution in [0.15, 0.2) is 48.8 Å². The van der Waals surface area contributed by atoms with Gasteiger partial charge in [0, 0.05) is 18.0 Å². The molecule has 0 spiro atoms. The van der Waals surface area contributed by atoms with Crippen LogP contribution < -0.4 is 5.32 Å². The summed E-state index contributed by atoms with van der Waals surface area (Å²) < 4.78 is 0.976. The topological polar surface area (TPSA) is 72.0 Å². The van der Waals surface area contributed by atoms with Gasteiger partial charge in [0.2, 0.25) is 5.78 Å². The molecule has 0 bridgehead atoms. The number of para-hydroxylation sites is 1. The molecular formula is C20H21N3O2S. The van der Waals surface area contributed by atoms with Crippen LogP contribution in [0.5, 0.6) is 0 Å². The Morgan fingerprint density at radius 3 is 2.62 bits per heavy atom. The number of benzene rings is 1. The van der Waals surface area contributed by atoms with E-state index in [4.69, 9.17) is 0 Å². The van der Waals surface area contributed by atoms with Crippen LogP contribution in [-0.2, 0) is 0 Å². The maximum absolute atomic E-state index is 13.0. The second kappa shape index (κ2) is 8.67. The van der Waals surface area contributed by atoms with Gasteiger partial charge in [-0.3, -0.25) is 14.6 Å². The number of amides is 1. The zero-order chi connectivity index (χ0) is 18.4. The van der Waals surface area contributed by atoms with Crippen LogP contribution in [0.4, 0.5) is 0 Å². The highest BCUT2D eigenvalue weighted by atomic mass is 32.1. The van der Waals surface area contributed by atoms with Crippen LogP contribution in [0.25, 0.3) is 10.2 Å². The van der Waals surface area contributed by atoms with Gasteiger partial charge in [-0.15, -0.1) is 11.3 Å². The average Bonchev–Trinajstić information content (AvgIpc) is 3.11. The summed E-state index contributed by atoms with van der Waals surface area (Å²) in [6, 6.07) is 10.4. The molecule has 0 unspecified atom stereocenters. The van der Waals surface area contributed by atoms with E-state index in [-0.39, 0.29) is 11.7 Å². The summed E-state index contributed by atoms with van der Waals surface area (Å²) in [6.07, 6.45) is 6.70.